The van der Waals surface area contributed by atoms with Crippen LogP contribution in [0.4, 0.5) is 5.69 Å². The molecular formula is C16H13BrN2O2. The van der Waals surface area contributed by atoms with Gasteiger partial charge < -0.3 is 10.1 Å². The van der Waals surface area contributed by atoms with E-state index in [1.807, 2.05) is 30.3 Å². The zero-order valence-electron chi connectivity index (χ0n) is 11.3. The maximum Gasteiger partial charge on any atom is 0.258 e. The molecule has 0 fully saturated rings. The number of methoxy groups -OCH3 is 1. The topological polar surface area (TPSA) is 62.1 Å². The third kappa shape index (κ3) is 3.69. The molecule has 2 aromatic rings. The number of amides is 1. The van der Waals surface area contributed by atoms with Crippen LogP contribution in [0.2, 0.25) is 0 Å². The van der Waals surface area contributed by atoms with Gasteiger partial charge in [0.1, 0.15) is 6.07 Å². The van der Waals surface area contributed by atoms with E-state index in [-0.39, 0.29) is 5.91 Å². The number of nitriles is 1. The highest BCUT2D eigenvalue weighted by atomic mass is 79.9. The Morgan fingerprint density at radius 3 is 2.62 bits per heavy atom. The third-order valence-electron chi connectivity index (χ3n) is 2.94. The number of benzene rings is 2. The van der Waals surface area contributed by atoms with Crippen LogP contribution >= 0.6 is 15.9 Å². The molecule has 1 amide bonds. The average Bonchev–Trinajstić information content (AvgIpc) is 2.51. The fourth-order valence-electron chi connectivity index (χ4n) is 1.94. The second kappa shape index (κ2) is 7.02. The minimum Gasteiger partial charge on any atom is -0.367 e. The van der Waals surface area contributed by atoms with Gasteiger partial charge >= 0.3 is 0 Å². The fourth-order valence-corrected chi connectivity index (χ4v) is 2.30. The van der Waals surface area contributed by atoms with Crippen molar-refractivity contribution < 1.29 is 9.53 Å². The first-order chi connectivity index (χ1) is 10.2. The van der Waals surface area contributed by atoms with Crippen LogP contribution in [-0.2, 0) is 9.53 Å². The predicted octanol–water partition coefficient (Wildman–Crippen LogP) is 3.65. The summed E-state index contributed by atoms with van der Waals surface area (Å²) in [6.07, 6.45) is -0.721. The lowest BCUT2D eigenvalue weighted by molar-refractivity contribution is -0.126. The lowest BCUT2D eigenvalue weighted by Crippen LogP contribution is -2.23. The monoisotopic (exact) mass is 344 g/mol. The Labute approximate surface area is 131 Å². The molecule has 5 heteroatoms. The number of hydrogen-bond acceptors (Lipinski definition) is 3. The Kier molecular flexibility index (Phi) is 5.09. The SMILES string of the molecule is COC(C(=O)Nc1ccc(Br)cc1C#N)c1ccccc1. The fraction of sp³-hybridized carbons (Fsp3) is 0.125. The van der Waals surface area contributed by atoms with E-state index >= 15 is 0 Å². The van der Waals surface area contributed by atoms with E-state index in [2.05, 4.69) is 27.3 Å². The van der Waals surface area contributed by atoms with Crippen LogP contribution in [0.25, 0.3) is 0 Å². The molecule has 0 aliphatic heterocycles. The van der Waals surface area contributed by atoms with Crippen molar-refractivity contribution in [1.82, 2.24) is 0 Å². The van der Waals surface area contributed by atoms with Crippen molar-refractivity contribution in [3.8, 4) is 6.07 Å². The van der Waals surface area contributed by atoms with E-state index in [0.29, 0.717) is 11.3 Å². The molecule has 0 aliphatic rings. The van der Waals surface area contributed by atoms with Crippen LogP contribution in [0, 0.1) is 11.3 Å². The first-order valence-corrected chi connectivity index (χ1v) is 7.03. The lowest BCUT2D eigenvalue weighted by atomic mass is 10.1. The van der Waals surface area contributed by atoms with Gasteiger partial charge in [0, 0.05) is 11.6 Å². The quantitative estimate of drug-likeness (QED) is 0.920. The van der Waals surface area contributed by atoms with E-state index in [4.69, 9.17) is 10.00 Å². The molecule has 106 valence electrons. The summed E-state index contributed by atoms with van der Waals surface area (Å²) in [5.74, 6) is -0.317. The first kappa shape index (κ1) is 15.2. The molecule has 0 aromatic heterocycles. The van der Waals surface area contributed by atoms with E-state index in [9.17, 15) is 4.79 Å². The molecule has 0 radical (unpaired) electrons. The Balaban J connectivity index is 2.23. The van der Waals surface area contributed by atoms with Gasteiger partial charge in [-0.3, -0.25) is 4.79 Å². The molecule has 1 atom stereocenters. The highest BCUT2D eigenvalue weighted by Crippen LogP contribution is 2.23. The second-order valence-electron chi connectivity index (χ2n) is 4.32. The molecular weight excluding hydrogens is 332 g/mol. The number of rotatable bonds is 4. The minimum absolute atomic E-state index is 0.317. The smallest absolute Gasteiger partial charge is 0.258 e. The van der Waals surface area contributed by atoms with Crippen molar-refractivity contribution in [2.45, 2.75) is 6.10 Å². The van der Waals surface area contributed by atoms with Crippen LogP contribution in [0.3, 0.4) is 0 Å². The predicted molar refractivity (Wildman–Crippen MR) is 83.7 cm³/mol. The molecule has 2 rings (SSSR count). The van der Waals surface area contributed by atoms with E-state index in [0.717, 1.165) is 10.0 Å². The first-order valence-electron chi connectivity index (χ1n) is 6.24. The highest BCUT2D eigenvalue weighted by Gasteiger charge is 2.20. The summed E-state index contributed by atoms with van der Waals surface area (Å²) in [5.41, 5.74) is 1.61. The average molecular weight is 345 g/mol. The Morgan fingerprint density at radius 1 is 1.29 bits per heavy atom. The van der Waals surface area contributed by atoms with Gasteiger partial charge in [-0.05, 0) is 23.8 Å². The molecule has 1 unspecified atom stereocenters. The van der Waals surface area contributed by atoms with Crippen LogP contribution < -0.4 is 5.32 Å². The van der Waals surface area contributed by atoms with Gasteiger partial charge in [-0.1, -0.05) is 46.3 Å². The van der Waals surface area contributed by atoms with E-state index in [1.54, 1.807) is 18.2 Å². The molecule has 0 aliphatic carbocycles. The van der Waals surface area contributed by atoms with Crippen molar-refractivity contribution in [3.05, 3.63) is 64.1 Å². The Morgan fingerprint density at radius 2 is 2.00 bits per heavy atom. The highest BCUT2D eigenvalue weighted by molar-refractivity contribution is 9.10. The largest absolute Gasteiger partial charge is 0.367 e. The number of carbonyl (C=O) groups excluding carboxylic acids is 1. The van der Waals surface area contributed by atoms with Crippen LogP contribution in [0.5, 0.6) is 0 Å². The van der Waals surface area contributed by atoms with Gasteiger partial charge in [-0.2, -0.15) is 5.26 Å². The lowest BCUT2D eigenvalue weighted by Gasteiger charge is -2.16. The van der Waals surface area contributed by atoms with E-state index < -0.39 is 6.10 Å². The second-order valence-corrected chi connectivity index (χ2v) is 5.23. The summed E-state index contributed by atoms with van der Waals surface area (Å²) in [5, 5.41) is 11.8. The summed E-state index contributed by atoms with van der Waals surface area (Å²) in [6, 6.07) is 16.3. The van der Waals surface area contributed by atoms with Gasteiger partial charge in [-0.25, -0.2) is 0 Å². The van der Waals surface area contributed by atoms with Gasteiger partial charge in [-0.15, -0.1) is 0 Å². The van der Waals surface area contributed by atoms with Crippen molar-refractivity contribution in [1.29, 1.82) is 5.26 Å². The van der Waals surface area contributed by atoms with Crippen LogP contribution in [-0.4, -0.2) is 13.0 Å². The summed E-state index contributed by atoms with van der Waals surface area (Å²) in [6.45, 7) is 0. The van der Waals surface area contributed by atoms with Crippen molar-refractivity contribution >= 4 is 27.5 Å². The van der Waals surface area contributed by atoms with Crippen LogP contribution in [0.1, 0.15) is 17.2 Å². The summed E-state index contributed by atoms with van der Waals surface area (Å²) in [7, 11) is 1.48. The number of hydrogen-bond donors (Lipinski definition) is 1. The van der Waals surface area contributed by atoms with Crippen molar-refractivity contribution in [2.75, 3.05) is 12.4 Å². The molecule has 0 bridgehead atoms. The summed E-state index contributed by atoms with van der Waals surface area (Å²) in [4.78, 5) is 12.3. The molecule has 21 heavy (non-hydrogen) atoms. The van der Waals surface area contributed by atoms with E-state index in [1.165, 1.54) is 7.11 Å². The van der Waals surface area contributed by atoms with Gasteiger partial charge in [0.25, 0.3) is 5.91 Å². The molecule has 2 aromatic carbocycles. The molecule has 0 spiro atoms. The molecule has 0 saturated heterocycles. The minimum atomic E-state index is -0.721. The summed E-state index contributed by atoms with van der Waals surface area (Å²) < 4.78 is 6.04. The standard InChI is InChI=1S/C16H13BrN2O2/c1-21-15(11-5-3-2-4-6-11)16(20)19-14-8-7-13(17)9-12(14)10-18/h2-9,15H,1H3,(H,19,20). The van der Waals surface area contributed by atoms with Gasteiger partial charge in [0.05, 0.1) is 11.3 Å². The number of carbonyl (C=O) groups is 1. The number of nitrogens with zero attached hydrogens (tertiary/aromatic N) is 1. The zero-order chi connectivity index (χ0) is 15.2. The number of halogens is 1. The Bertz CT molecular complexity index is 680. The molecule has 4 nitrogen and oxygen atoms in total. The molecule has 1 N–H and O–H groups in total. The normalized spacial score (nSPS) is 11.5. The zero-order valence-corrected chi connectivity index (χ0v) is 12.9. The number of anilines is 1. The van der Waals surface area contributed by atoms with Crippen LogP contribution in [0.15, 0.2) is 53.0 Å². The molecule has 0 saturated carbocycles. The third-order valence-corrected chi connectivity index (χ3v) is 3.43. The maximum absolute atomic E-state index is 12.3. The van der Waals surface area contributed by atoms with Gasteiger partial charge in [0.2, 0.25) is 0 Å². The van der Waals surface area contributed by atoms with Crippen molar-refractivity contribution in [2.24, 2.45) is 0 Å². The maximum atomic E-state index is 12.3. The Hall–Kier alpha value is -2.16. The summed E-state index contributed by atoms with van der Waals surface area (Å²) >= 11 is 3.29. The van der Waals surface area contributed by atoms with Gasteiger partial charge in [0.15, 0.2) is 6.10 Å². The van der Waals surface area contributed by atoms with Crippen molar-refractivity contribution in [3.63, 3.8) is 0 Å². The number of nitrogens with one attached hydrogen (secondary N) is 1. The molecule has 0 heterocycles. The number of ether oxygens (including phenoxy) is 1.